The molecule has 3 nitrogen and oxygen atoms in total. The Morgan fingerprint density at radius 2 is 1.86 bits per heavy atom. The van der Waals surface area contributed by atoms with Crippen molar-refractivity contribution in [1.82, 2.24) is 0 Å². The molecule has 0 amide bonds. The molecule has 3 heteroatoms. The third-order valence-corrected chi connectivity index (χ3v) is 4.09. The molecule has 1 aromatic heterocycles. The molecule has 0 bridgehead atoms. The molecule has 0 radical (unpaired) electrons. The van der Waals surface area contributed by atoms with Gasteiger partial charge in [-0.2, -0.15) is 0 Å². The molecule has 3 aromatic rings. The van der Waals surface area contributed by atoms with Gasteiger partial charge < -0.3 is 10.2 Å². The van der Waals surface area contributed by atoms with Crippen molar-refractivity contribution in [2.75, 3.05) is 5.73 Å². The number of nitrogens with two attached hydrogens (primary N) is 1. The van der Waals surface area contributed by atoms with Crippen LogP contribution >= 0.6 is 0 Å². The van der Waals surface area contributed by atoms with Crippen molar-refractivity contribution in [3.8, 4) is 0 Å². The summed E-state index contributed by atoms with van der Waals surface area (Å²) in [6, 6.07) is 15.3. The molecule has 0 spiro atoms. The van der Waals surface area contributed by atoms with Gasteiger partial charge in [0.15, 0.2) is 5.43 Å². The first-order chi connectivity index (χ1) is 10.7. The second-order valence-electron chi connectivity index (χ2n) is 5.57. The van der Waals surface area contributed by atoms with Gasteiger partial charge >= 0.3 is 0 Å². The standard InChI is InChI=1S/C19H15NO2/c20-14-7-9-15-17(11-14)22-19-13(6-8-16(19)18(15)21)10-12-4-2-1-3-5-12/h1-5,7,9-11H,6,8,20H2. The number of fused-ring (bicyclic) bond motifs is 2. The van der Waals surface area contributed by atoms with Crippen LogP contribution in [-0.4, -0.2) is 0 Å². The molecular formula is C19H15NO2. The molecule has 0 aliphatic heterocycles. The molecule has 2 aromatic carbocycles. The summed E-state index contributed by atoms with van der Waals surface area (Å²) in [7, 11) is 0. The van der Waals surface area contributed by atoms with Crippen LogP contribution in [0.3, 0.4) is 0 Å². The number of rotatable bonds is 1. The Labute approximate surface area is 127 Å². The summed E-state index contributed by atoms with van der Waals surface area (Å²) in [6.45, 7) is 0. The van der Waals surface area contributed by atoms with E-state index in [9.17, 15) is 4.79 Å². The first kappa shape index (κ1) is 12.9. The van der Waals surface area contributed by atoms with Gasteiger partial charge in [-0.1, -0.05) is 30.3 Å². The van der Waals surface area contributed by atoms with Crippen molar-refractivity contribution in [3.63, 3.8) is 0 Å². The molecule has 0 saturated heterocycles. The Balaban J connectivity index is 1.93. The second-order valence-corrected chi connectivity index (χ2v) is 5.57. The van der Waals surface area contributed by atoms with E-state index in [1.54, 1.807) is 18.2 Å². The average Bonchev–Trinajstić information content (AvgIpc) is 2.91. The van der Waals surface area contributed by atoms with E-state index >= 15 is 0 Å². The summed E-state index contributed by atoms with van der Waals surface area (Å²) >= 11 is 0. The highest BCUT2D eigenvalue weighted by Gasteiger charge is 2.23. The number of anilines is 1. The minimum Gasteiger partial charge on any atom is -0.456 e. The summed E-state index contributed by atoms with van der Waals surface area (Å²) < 4.78 is 6.00. The van der Waals surface area contributed by atoms with Gasteiger partial charge in [0.2, 0.25) is 0 Å². The molecule has 2 N–H and O–H groups in total. The molecule has 108 valence electrons. The van der Waals surface area contributed by atoms with E-state index in [2.05, 4.69) is 6.08 Å². The van der Waals surface area contributed by atoms with E-state index in [1.807, 2.05) is 30.3 Å². The maximum Gasteiger partial charge on any atom is 0.196 e. The highest BCUT2D eigenvalue weighted by atomic mass is 16.3. The van der Waals surface area contributed by atoms with Gasteiger partial charge in [-0.3, -0.25) is 4.79 Å². The molecule has 0 fully saturated rings. The van der Waals surface area contributed by atoms with Crippen LogP contribution in [0.25, 0.3) is 22.6 Å². The van der Waals surface area contributed by atoms with Gasteiger partial charge in [0, 0.05) is 17.3 Å². The molecule has 1 aliphatic rings. The van der Waals surface area contributed by atoms with E-state index in [-0.39, 0.29) is 5.43 Å². The number of nitrogen functional groups attached to an aromatic ring is 1. The Hall–Kier alpha value is -2.81. The lowest BCUT2D eigenvalue weighted by molar-refractivity contribution is 0.585. The zero-order chi connectivity index (χ0) is 15.1. The monoisotopic (exact) mass is 289 g/mol. The van der Waals surface area contributed by atoms with Gasteiger partial charge in [-0.05, 0) is 42.2 Å². The smallest absolute Gasteiger partial charge is 0.196 e. The Bertz CT molecular complexity index is 952. The largest absolute Gasteiger partial charge is 0.456 e. The topological polar surface area (TPSA) is 56.2 Å². The van der Waals surface area contributed by atoms with Crippen LogP contribution in [0.15, 0.2) is 57.7 Å². The molecule has 1 aliphatic carbocycles. The summed E-state index contributed by atoms with van der Waals surface area (Å²) in [4.78, 5) is 12.6. The molecular weight excluding hydrogens is 274 g/mol. The number of hydrogen-bond donors (Lipinski definition) is 1. The highest BCUT2D eigenvalue weighted by Crippen LogP contribution is 2.34. The van der Waals surface area contributed by atoms with E-state index < -0.39 is 0 Å². The van der Waals surface area contributed by atoms with Crippen molar-refractivity contribution in [2.45, 2.75) is 12.8 Å². The van der Waals surface area contributed by atoms with Crippen LogP contribution in [0.1, 0.15) is 23.3 Å². The van der Waals surface area contributed by atoms with Crippen molar-refractivity contribution in [3.05, 3.63) is 75.6 Å². The summed E-state index contributed by atoms with van der Waals surface area (Å²) in [5.41, 5.74) is 9.98. The van der Waals surface area contributed by atoms with Crippen LogP contribution in [-0.2, 0) is 6.42 Å². The van der Waals surface area contributed by atoms with Crippen molar-refractivity contribution in [2.24, 2.45) is 0 Å². The second kappa shape index (κ2) is 4.88. The summed E-state index contributed by atoms with van der Waals surface area (Å²) in [6.07, 6.45) is 3.65. The average molecular weight is 289 g/mol. The number of benzene rings is 2. The summed E-state index contributed by atoms with van der Waals surface area (Å²) in [5, 5.41) is 0.605. The van der Waals surface area contributed by atoms with E-state index in [1.165, 1.54) is 0 Å². The number of hydrogen-bond acceptors (Lipinski definition) is 3. The van der Waals surface area contributed by atoms with E-state index in [0.717, 1.165) is 29.5 Å². The molecule has 22 heavy (non-hydrogen) atoms. The molecule has 0 unspecified atom stereocenters. The predicted molar refractivity (Wildman–Crippen MR) is 89.5 cm³/mol. The van der Waals surface area contributed by atoms with Gasteiger partial charge in [0.1, 0.15) is 11.3 Å². The van der Waals surface area contributed by atoms with E-state index in [4.69, 9.17) is 10.2 Å². The van der Waals surface area contributed by atoms with Crippen molar-refractivity contribution >= 4 is 28.3 Å². The fourth-order valence-corrected chi connectivity index (χ4v) is 3.00. The summed E-state index contributed by atoms with van der Waals surface area (Å²) in [5.74, 6) is 0.715. The van der Waals surface area contributed by atoms with Crippen molar-refractivity contribution in [1.29, 1.82) is 0 Å². The fourth-order valence-electron chi connectivity index (χ4n) is 3.00. The molecule has 0 saturated carbocycles. The lowest BCUT2D eigenvalue weighted by Gasteiger charge is -2.04. The Kier molecular flexibility index (Phi) is 2.86. The van der Waals surface area contributed by atoms with Crippen LogP contribution in [0, 0.1) is 0 Å². The van der Waals surface area contributed by atoms with Crippen molar-refractivity contribution < 1.29 is 4.42 Å². The lowest BCUT2D eigenvalue weighted by atomic mass is 10.1. The molecule has 4 rings (SSSR count). The maximum absolute atomic E-state index is 12.6. The van der Waals surface area contributed by atoms with Gasteiger partial charge in [-0.25, -0.2) is 0 Å². The third-order valence-electron chi connectivity index (χ3n) is 4.09. The minimum absolute atomic E-state index is 0.0627. The SMILES string of the molecule is Nc1ccc2c(=O)c3c(oc2c1)C(=Cc1ccccc1)CC3. The zero-order valence-corrected chi connectivity index (χ0v) is 12.0. The first-order valence-corrected chi connectivity index (χ1v) is 7.33. The highest BCUT2D eigenvalue weighted by molar-refractivity contribution is 5.87. The molecule has 1 heterocycles. The quantitative estimate of drug-likeness (QED) is 0.692. The van der Waals surface area contributed by atoms with Crippen LogP contribution < -0.4 is 11.2 Å². The number of allylic oxidation sites excluding steroid dienone is 1. The lowest BCUT2D eigenvalue weighted by Crippen LogP contribution is -2.08. The predicted octanol–water partition coefficient (Wildman–Crippen LogP) is 3.86. The normalized spacial score (nSPS) is 15.4. The van der Waals surface area contributed by atoms with Gasteiger partial charge in [0.25, 0.3) is 0 Å². The Morgan fingerprint density at radius 3 is 2.68 bits per heavy atom. The first-order valence-electron chi connectivity index (χ1n) is 7.33. The van der Waals surface area contributed by atoms with Crippen LogP contribution in [0.5, 0.6) is 0 Å². The maximum atomic E-state index is 12.6. The van der Waals surface area contributed by atoms with Gasteiger partial charge in [0.05, 0.1) is 5.39 Å². The Morgan fingerprint density at radius 1 is 1.05 bits per heavy atom. The molecule has 0 atom stereocenters. The fraction of sp³-hybridized carbons (Fsp3) is 0.105. The zero-order valence-electron chi connectivity index (χ0n) is 12.0. The van der Waals surface area contributed by atoms with Crippen LogP contribution in [0.2, 0.25) is 0 Å². The van der Waals surface area contributed by atoms with E-state index in [0.29, 0.717) is 22.4 Å². The minimum atomic E-state index is 0.0627. The van der Waals surface area contributed by atoms with Crippen LogP contribution in [0.4, 0.5) is 5.69 Å². The van der Waals surface area contributed by atoms with Gasteiger partial charge in [-0.15, -0.1) is 0 Å². The third kappa shape index (κ3) is 2.02.